The Morgan fingerprint density at radius 3 is 2.57 bits per heavy atom. The molecule has 1 aromatic rings. The second-order valence-electron chi connectivity index (χ2n) is 4.14. The number of nitrogens with one attached hydrogen (secondary N) is 1. The van der Waals surface area contributed by atoms with Gasteiger partial charge in [-0.3, -0.25) is 9.59 Å². The molecule has 21 heavy (non-hydrogen) atoms. The van der Waals surface area contributed by atoms with Crippen molar-refractivity contribution in [1.82, 2.24) is 5.32 Å². The van der Waals surface area contributed by atoms with E-state index in [1.807, 2.05) is 0 Å². The zero-order valence-electron chi connectivity index (χ0n) is 10.9. The number of halogens is 1. The van der Waals surface area contributed by atoms with Crippen LogP contribution in [0.15, 0.2) is 24.3 Å². The van der Waals surface area contributed by atoms with Crippen LogP contribution in [0.2, 0.25) is 5.02 Å². The molecule has 7 nitrogen and oxygen atoms in total. The van der Waals surface area contributed by atoms with E-state index >= 15 is 0 Å². The minimum Gasteiger partial charge on any atom is -0.484 e. The first-order valence-electron chi connectivity index (χ1n) is 6.01. The standard InChI is InChI=1S/C13H14ClNO6/c14-8-2-1-3-9(6-8)21-7-11(16)15-10(13(19)20)4-5-12(17)18/h1-3,6,10H,4-5,7H2,(H,15,16)(H,17,18)(H,19,20)/t10-/m0/s1. The lowest BCUT2D eigenvalue weighted by Gasteiger charge is -2.14. The molecule has 114 valence electrons. The number of benzene rings is 1. The van der Waals surface area contributed by atoms with Crippen LogP contribution in [-0.2, 0) is 14.4 Å². The average Bonchev–Trinajstić information content (AvgIpc) is 2.40. The zero-order chi connectivity index (χ0) is 15.8. The Bertz CT molecular complexity index is 533. The number of carbonyl (C=O) groups excluding carboxylic acids is 1. The topological polar surface area (TPSA) is 113 Å². The van der Waals surface area contributed by atoms with Gasteiger partial charge < -0.3 is 20.3 Å². The number of aliphatic carboxylic acids is 2. The number of ether oxygens (including phenoxy) is 1. The van der Waals surface area contributed by atoms with E-state index in [1.54, 1.807) is 18.2 Å². The summed E-state index contributed by atoms with van der Waals surface area (Å²) in [5, 5.41) is 20.0. The predicted octanol–water partition coefficient (Wildman–Crippen LogP) is 1.15. The van der Waals surface area contributed by atoms with E-state index in [0.717, 1.165) is 0 Å². The van der Waals surface area contributed by atoms with E-state index in [-0.39, 0.29) is 12.8 Å². The third-order valence-corrected chi connectivity index (χ3v) is 2.68. The highest BCUT2D eigenvalue weighted by molar-refractivity contribution is 6.30. The second kappa shape index (κ2) is 8.11. The van der Waals surface area contributed by atoms with Crippen molar-refractivity contribution in [3.8, 4) is 5.75 Å². The molecule has 0 saturated carbocycles. The molecular weight excluding hydrogens is 302 g/mol. The molecule has 0 aliphatic carbocycles. The minimum atomic E-state index is -1.30. The highest BCUT2D eigenvalue weighted by atomic mass is 35.5. The lowest BCUT2D eigenvalue weighted by atomic mass is 10.1. The zero-order valence-corrected chi connectivity index (χ0v) is 11.7. The Hall–Kier alpha value is -2.28. The number of carbonyl (C=O) groups is 3. The summed E-state index contributed by atoms with van der Waals surface area (Å²) >= 11 is 5.74. The highest BCUT2D eigenvalue weighted by Gasteiger charge is 2.21. The van der Waals surface area contributed by atoms with E-state index in [1.165, 1.54) is 6.07 Å². The molecule has 0 unspecified atom stereocenters. The fourth-order valence-electron chi connectivity index (χ4n) is 1.47. The number of carboxylic acids is 2. The van der Waals surface area contributed by atoms with E-state index in [2.05, 4.69) is 5.32 Å². The summed E-state index contributed by atoms with van der Waals surface area (Å²) in [6, 6.07) is 5.12. The van der Waals surface area contributed by atoms with E-state index in [4.69, 9.17) is 26.6 Å². The van der Waals surface area contributed by atoms with Crippen molar-refractivity contribution in [2.24, 2.45) is 0 Å². The van der Waals surface area contributed by atoms with Crippen LogP contribution >= 0.6 is 11.6 Å². The number of amides is 1. The fourth-order valence-corrected chi connectivity index (χ4v) is 1.65. The van der Waals surface area contributed by atoms with Gasteiger partial charge in [0.15, 0.2) is 6.61 Å². The van der Waals surface area contributed by atoms with Crippen LogP contribution in [0.1, 0.15) is 12.8 Å². The number of hydrogen-bond acceptors (Lipinski definition) is 4. The van der Waals surface area contributed by atoms with Gasteiger partial charge in [0.05, 0.1) is 0 Å². The number of rotatable bonds is 8. The Balaban J connectivity index is 2.46. The fraction of sp³-hybridized carbons (Fsp3) is 0.308. The van der Waals surface area contributed by atoms with Gasteiger partial charge >= 0.3 is 11.9 Å². The van der Waals surface area contributed by atoms with Crippen LogP contribution in [0.25, 0.3) is 0 Å². The first kappa shape index (κ1) is 16.8. The monoisotopic (exact) mass is 315 g/mol. The smallest absolute Gasteiger partial charge is 0.326 e. The van der Waals surface area contributed by atoms with Crippen molar-refractivity contribution in [2.75, 3.05) is 6.61 Å². The Morgan fingerprint density at radius 2 is 2.00 bits per heavy atom. The quantitative estimate of drug-likeness (QED) is 0.663. The summed E-state index contributed by atoms with van der Waals surface area (Å²) in [4.78, 5) is 32.9. The summed E-state index contributed by atoms with van der Waals surface area (Å²) in [7, 11) is 0. The van der Waals surface area contributed by atoms with Crippen molar-refractivity contribution >= 4 is 29.4 Å². The molecule has 1 amide bonds. The SMILES string of the molecule is O=C(O)CC[C@H](NC(=O)COc1cccc(Cl)c1)C(=O)O. The predicted molar refractivity (Wildman–Crippen MR) is 73.4 cm³/mol. The van der Waals surface area contributed by atoms with Crippen LogP contribution in [0.3, 0.4) is 0 Å². The van der Waals surface area contributed by atoms with Gasteiger partial charge in [0.25, 0.3) is 5.91 Å². The minimum absolute atomic E-state index is 0.201. The molecule has 0 heterocycles. The molecule has 1 aromatic carbocycles. The molecule has 3 N–H and O–H groups in total. The maximum atomic E-state index is 11.6. The highest BCUT2D eigenvalue weighted by Crippen LogP contribution is 2.16. The summed E-state index contributed by atoms with van der Waals surface area (Å²) in [6.07, 6.45) is -0.556. The summed E-state index contributed by atoms with van der Waals surface area (Å²) in [6.45, 7) is -0.392. The second-order valence-corrected chi connectivity index (χ2v) is 4.57. The van der Waals surface area contributed by atoms with Crippen LogP contribution in [0.4, 0.5) is 0 Å². The van der Waals surface area contributed by atoms with Crippen molar-refractivity contribution in [2.45, 2.75) is 18.9 Å². The summed E-state index contributed by atoms with van der Waals surface area (Å²) < 4.78 is 5.15. The molecule has 0 bridgehead atoms. The number of carboxylic acid groups (broad SMARTS) is 2. The molecule has 0 saturated heterocycles. The third-order valence-electron chi connectivity index (χ3n) is 2.45. The largest absolute Gasteiger partial charge is 0.484 e. The first-order valence-corrected chi connectivity index (χ1v) is 6.38. The maximum Gasteiger partial charge on any atom is 0.326 e. The Labute approximate surface area is 125 Å². The molecular formula is C13H14ClNO6. The van der Waals surface area contributed by atoms with Gasteiger partial charge in [-0.05, 0) is 24.6 Å². The molecule has 0 aliphatic heterocycles. The van der Waals surface area contributed by atoms with Crippen LogP contribution in [0.5, 0.6) is 5.75 Å². The van der Waals surface area contributed by atoms with Gasteiger partial charge in [-0.1, -0.05) is 17.7 Å². The van der Waals surface area contributed by atoms with E-state index in [9.17, 15) is 14.4 Å². The van der Waals surface area contributed by atoms with Crippen molar-refractivity contribution < 1.29 is 29.3 Å². The van der Waals surface area contributed by atoms with Crippen LogP contribution in [0, 0.1) is 0 Å². The van der Waals surface area contributed by atoms with Crippen molar-refractivity contribution in [1.29, 1.82) is 0 Å². The molecule has 1 atom stereocenters. The van der Waals surface area contributed by atoms with Crippen LogP contribution in [-0.4, -0.2) is 40.7 Å². The summed E-state index contributed by atoms with van der Waals surface area (Å²) in [5.74, 6) is -2.72. The maximum absolute atomic E-state index is 11.6. The van der Waals surface area contributed by atoms with Crippen molar-refractivity contribution in [3.63, 3.8) is 0 Å². The van der Waals surface area contributed by atoms with E-state index < -0.39 is 30.5 Å². The van der Waals surface area contributed by atoms with Gasteiger partial charge in [0.2, 0.25) is 0 Å². The van der Waals surface area contributed by atoms with Gasteiger partial charge in [0.1, 0.15) is 11.8 Å². The Kier molecular flexibility index (Phi) is 6.48. The third kappa shape index (κ3) is 6.62. The van der Waals surface area contributed by atoms with Crippen LogP contribution < -0.4 is 10.1 Å². The normalized spacial score (nSPS) is 11.5. The van der Waals surface area contributed by atoms with E-state index in [0.29, 0.717) is 10.8 Å². The summed E-state index contributed by atoms with van der Waals surface area (Å²) in [5.41, 5.74) is 0. The average molecular weight is 316 g/mol. The lowest BCUT2D eigenvalue weighted by Crippen LogP contribution is -2.43. The van der Waals surface area contributed by atoms with Gasteiger partial charge in [-0.15, -0.1) is 0 Å². The van der Waals surface area contributed by atoms with Gasteiger partial charge in [0, 0.05) is 11.4 Å². The lowest BCUT2D eigenvalue weighted by molar-refractivity contribution is -0.143. The van der Waals surface area contributed by atoms with Gasteiger partial charge in [-0.25, -0.2) is 4.79 Å². The first-order chi connectivity index (χ1) is 9.88. The molecule has 0 spiro atoms. The van der Waals surface area contributed by atoms with Crippen molar-refractivity contribution in [3.05, 3.63) is 29.3 Å². The van der Waals surface area contributed by atoms with Gasteiger partial charge in [-0.2, -0.15) is 0 Å². The molecule has 0 aliphatic rings. The molecule has 8 heteroatoms. The molecule has 0 fully saturated rings. The molecule has 1 rings (SSSR count). The molecule has 0 aromatic heterocycles. The Morgan fingerprint density at radius 1 is 1.29 bits per heavy atom. The number of hydrogen-bond donors (Lipinski definition) is 3. The molecule has 0 radical (unpaired) electrons.